The highest BCUT2D eigenvalue weighted by molar-refractivity contribution is 5.93. The zero-order valence-corrected chi connectivity index (χ0v) is 15.3. The van der Waals surface area contributed by atoms with Gasteiger partial charge in [0.1, 0.15) is 0 Å². The van der Waals surface area contributed by atoms with Crippen molar-refractivity contribution in [2.75, 3.05) is 25.5 Å². The molecule has 142 valence electrons. The number of hydrogen-bond donors (Lipinski definition) is 2. The Bertz CT molecular complexity index is 789. The number of rotatable bonds is 4. The van der Waals surface area contributed by atoms with Crippen LogP contribution in [0, 0.1) is 5.41 Å². The quantitative estimate of drug-likeness (QED) is 0.860. The fourth-order valence-corrected chi connectivity index (χ4v) is 4.17. The van der Waals surface area contributed by atoms with Crippen LogP contribution in [0.4, 0.5) is 11.6 Å². The maximum atomic E-state index is 12.8. The molecule has 0 radical (unpaired) electrons. The van der Waals surface area contributed by atoms with E-state index < -0.39 is 0 Å². The van der Waals surface area contributed by atoms with Crippen LogP contribution in [0.2, 0.25) is 0 Å². The summed E-state index contributed by atoms with van der Waals surface area (Å²) >= 11 is 0. The van der Waals surface area contributed by atoms with E-state index in [2.05, 4.69) is 15.3 Å². The SMILES string of the molecule is CO[C@H]1C[C@@H](O)C12CCN(C(=O)c1cnc(Nc3ccccc3)nc1)CC2. The number of aromatic nitrogens is 2. The van der Waals surface area contributed by atoms with Gasteiger partial charge in [-0.3, -0.25) is 4.79 Å². The number of aliphatic hydroxyl groups excluding tert-OH is 1. The number of piperidine rings is 1. The number of likely N-dealkylation sites (tertiary alicyclic amines) is 1. The summed E-state index contributed by atoms with van der Waals surface area (Å²) in [5.74, 6) is 0.384. The van der Waals surface area contributed by atoms with E-state index >= 15 is 0 Å². The number of aliphatic hydroxyl groups is 1. The van der Waals surface area contributed by atoms with Crippen molar-refractivity contribution in [3.05, 3.63) is 48.3 Å². The van der Waals surface area contributed by atoms with Crippen molar-refractivity contribution >= 4 is 17.5 Å². The van der Waals surface area contributed by atoms with Crippen LogP contribution in [0.3, 0.4) is 0 Å². The molecule has 2 fully saturated rings. The van der Waals surface area contributed by atoms with Gasteiger partial charge in [0.05, 0.1) is 17.8 Å². The molecule has 1 aromatic carbocycles. The van der Waals surface area contributed by atoms with Crippen LogP contribution >= 0.6 is 0 Å². The Morgan fingerprint density at radius 2 is 1.89 bits per heavy atom. The summed E-state index contributed by atoms with van der Waals surface area (Å²) < 4.78 is 5.50. The van der Waals surface area contributed by atoms with Gasteiger partial charge < -0.3 is 20.1 Å². The Balaban J connectivity index is 1.37. The van der Waals surface area contributed by atoms with E-state index in [9.17, 15) is 9.90 Å². The van der Waals surface area contributed by atoms with Crippen molar-refractivity contribution in [3.63, 3.8) is 0 Å². The van der Waals surface area contributed by atoms with E-state index in [1.54, 1.807) is 19.5 Å². The molecule has 1 aliphatic carbocycles. The number of nitrogens with one attached hydrogen (secondary N) is 1. The van der Waals surface area contributed by atoms with Gasteiger partial charge in [-0.05, 0) is 25.0 Å². The molecule has 1 saturated heterocycles. The molecule has 2 heterocycles. The highest BCUT2D eigenvalue weighted by Crippen LogP contribution is 2.50. The molecule has 1 aliphatic heterocycles. The minimum absolute atomic E-state index is 0.0705. The van der Waals surface area contributed by atoms with Crippen molar-refractivity contribution in [3.8, 4) is 0 Å². The third-order valence-corrected chi connectivity index (χ3v) is 5.94. The standard InChI is InChI=1S/C20H24N4O3/c1-27-17-11-16(25)20(17)7-9-24(10-8-20)18(26)14-12-21-19(22-13-14)23-15-5-3-2-4-6-15/h2-6,12-13,16-17,25H,7-11H2,1H3,(H,21,22,23)/t16-,17+/m1/s1. The molecule has 2 aromatic rings. The van der Waals surface area contributed by atoms with Gasteiger partial charge in [0.2, 0.25) is 5.95 Å². The molecule has 1 saturated carbocycles. The molecule has 0 bridgehead atoms. The lowest BCUT2D eigenvalue weighted by molar-refractivity contribution is -0.199. The summed E-state index contributed by atoms with van der Waals surface area (Å²) in [5.41, 5.74) is 1.18. The predicted octanol–water partition coefficient (Wildman–Crippen LogP) is 2.22. The van der Waals surface area contributed by atoms with E-state index in [4.69, 9.17) is 4.74 Å². The molecule has 2 aliphatic rings. The minimum Gasteiger partial charge on any atom is -0.392 e. The lowest BCUT2D eigenvalue weighted by Gasteiger charge is -2.56. The first kappa shape index (κ1) is 17.9. The van der Waals surface area contributed by atoms with E-state index in [1.807, 2.05) is 35.2 Å². The molecule has 2 N–H and O–H groups in total. The van der Waals surface area contributed by atoms with Crippen LogP contribution in [-0.4, -0.2) is 58.3 Å². The van der Waals surface area contributed by atoms with Crippen LogP contribution in [0.5, 0.6) is 0 Å². The fraction of sp³-hybridized carbons (Fsp3) is 0.450. The highest BCUT2D eigenvalue weighted by atomic mass is 16.5. The Hall–Kier alpha value is -2.51. The number of amides is 1. The van der Waals surface area contributed by atoms with E-state index in [0.29, 0.717) is 31.0 Å². The maximum absolute atomic E-state index is 12.8. The lowest BCUT2D eigenvalue weighted by Crippen LogP contribution is -2.62. The van der Waals surface area contributed by atoms with Crippen LogP contribution < -0.4 is 5.32 Å². The Labute approximate surface area is 158 Å². The van der Waals surface area contributed by atoms with Crippen LogP contribution in [0.15, 0.2) is 42.7 Å². The summed E-state index contributed by atoms with van der Waals surface area (Å²) in [6.07, 6.45) is 5.08. The molecule has 1 amide bonds. The first-order chi connectivity index (χ1) is 13.1. The monoisotopic (exact) mass is 368 g/mol. The molecular formula is C20H24N4O3. The Kier molecular flexibility index (Phi) is 4.80. The molecule has 2 atom stereocenters. The molecule has 1 spiro atoms. The van der Waals surface area contributed by atoms with E-state index in [-0.39, 0.29) is 23.5 Å². The van der Waals surface area contributed by atoms with Crippen molar-refractivity contribution in [2.24, 2.45) is 5.41 Å². The average Bonchev–Trinajstić information content (AvgIpc) is 2.72. The van der Waals surface area contributed by atoms with Gasteiger partial charge in [-0.15, -0.1) is 0 Å². The normalized spacial score (nSPS) is 23.7. The zero-order valence-electron chi connectivity index (χ0n) is 15.3. The number of benzene rings is 1. The van der Waals surface area contributed by atoms with Crippen molar-refractivity contribution < 1.29 is 14.6 Å². The summed E-state index contributed by atoms with van der Waals surface area (Å²) in [6.45, 7) is 1.22. The third-order valence-electron chi connectivity index (χ3n) is 5.94. The molecular weight excluding hydrogens is 344 g/mol. The van der Waals surface area contributed by atoms with Gasteiger partial charge in [0.15, 0.2) is 0 Å². The number of hydrogen-bond acceptors (Lipinski definition) is 6. The van der Waals surface area contributed by atoms with Gasteiger partial charge in [-0.2, -0.15) is 0 Å². The molecule has 7 nitrogen and oxygen atoms in total. The van der Waals surface area contributed by atoms with Crippen molar-refractivity contribution in [2.45, 2.75) is 31.5 Å². The van der Waals surface area contributed by atoms with Gasteiger partial charge in [-0.1, -0.05) is 18.2 Å². The Morgan fingerprint density at radius 1 is 1.22 bits per heavy atom. The van der Waals surface area contributed by atoms with E-state index in [1.165, 1.54) is 0 Å². The second-order valence-corrected chi connectivity index (χ2v) is 7.29. The minimum atomic E-state index is -0.327. The fourth-order valence-electron chi connectivity index (χ4n) is 4.17. The van der Waals surface area contributed by atoms with Crippen molar-refractivity contribution in [1.29, 1.82) is 0 Å². The van der Waals surface area contributed by atoms with Gasteiger partial charge >= 0.3 is 0 Å². The van der Waals surface area contributed by atoms with E-state index in [0.717, 1.165) is 18.5 Å². The summed E-state index contributed by atoms with van der Waals surface area (Å²) in [6, 6.07) is 9.64. The number of nitrogens with zero attached hydrogens (tertiary/aromatic N) is 3. The number of anilines is 2. The predicted molar refractivity (Wildman–Crippen MR) is 101 cm³/mol. The Morgan fingerprint density at radius 3 is 2.48 bits per heavy atom. The summed E-state index contributed by atoms with van der Waals surface area (Å²) in [5, 5.41) is 13.3. The molecule has 7 heteroatoms. The van der Waals surface area contributed by atoms with Crippen LogP contribution in [-0.2, 0) is 4.74 Å². The largest absolute Gasteiger partial charge is 0.392 e. The number of methoxy groups -OCH3 is 1. The lowest BCUT2D eigenvalue weighted by atomic mass is 9.58. The summed E-state index contributed by atoms with van der Waals surface area (Å²) in [4.78, 5) is 23.1. The zero-order chi connectivity index (χ0) is 18.9. The highest BCUT2D eigenvalue weighted by Gasteiger charge is 2.56. The first-order valence-electron chi connectivity index (χ1n) is 9.26. The van der Waals surface area contributed by atoms with Gasteiger partial charge in [0.25, 0.3) is 5.91 Å². The number of carbonyl (C=O) groups is 1. The average molecular weight is 368 g/mol. The first-order valence-corrected chi connectivity index (χ1v) is 9.26. The van der Waals surface area contributed by atoms with Gasteiger partial charge in [-0.25, -0.2) is 9.97 Å². The number of carbonyl (C=O) groups excluding carboxylic acids is 1. The maximum Gasteiger partial charge on any atom is 0.256 e. The topological polar surface area (TPSA) is 87.6 Å². The smallest absolute Gasteiger partial charge is 0.256 e. The van der Waals surface area contributed by atoms with Crippen LogP contribution in [0.1, 0.15) is 29.6 Å². The summed E-state index contributed by atoms with van der Waals surface area (Å²) in [7, 11) is 1.69. The van der Waals surface area contributed by atoms with Gasteiger partial charge in [0, 0.05) is 50.1 Å². The van der Waals surface area contributed by atoms with Crippen LogP contribution in [0.25, 0.3) is 0 Å². The number of para-hydroxylation sites is 1. The molecule has 0 unspecified atom stereocenters. The third kappa shape index (κ3) is 3.28. The van der Waals surface area contributed by atoms with Crippen molar-refractivity contribution in [1.82, 2.24) is 14.9 Å². The molecule has 1 aromatic heterocycles. The second kappa shape index (κ2) is 7.25. The second-order valence-electron chi connectivity index (χ2n) is 7.29. The molecule has 4 rings (SSSR count). The molecule has 27 heavy (non-hydrogen) atoms. The number of ether oxygens (including phenoxy) is 1.